The summed E-state index contributed by atoms with van der Waals surface area (Å²) in [6, 6.07) is 23.8. The second kappa shape index (κ2) is 9.01. The molecule has 198 valence electrons. The summed E-state index contributed by atoms with van der Waals surface area (Å²) in [5.41, 5.74) is 4.44. The molecule has 3 aliphatic carbocycles. The number of carbonyl (C=O) groups excluding carboxylic acids is 4. The number of nitrogens with zero attached hydrogens (tertiary/aromatic N) is 2. The molecule has 8 rings (SSSR count). The van der Waals surface area contributed by atoms with E-state index in [9.17, 15) is 19.2 Å². The van der Waals surface area contributed by atoms with Crippen molar-refractivity contribution >= 4 is 35.2 Å². The first kappa shape index (κ1) is 24.0. The van der Waals surface area contributed by atoms with Gasteiger partial charge in [-0.15, -0.1) is 0 Å². The van der Waals surface area contributed by atoms with Crippen LogP contribution in [0.5, 0.6) is 0 Å². The Morgan fingerprint density at radius 1 is 0.850 bits per heavy atom. The van der Waals surface area contributed by atoms with Gasteiger partial charge < -0.3 is 14.6 Å². The maximum atomic E-state index is 14.1. The molecule has 1 aromatic heterocycles. The van der Waals surface area contributed by atoms with Crippen molar-refractivity contribution in [2.24, 2.45) is 11.8 Å². The largest absolute Gasteiger partial charge is 0.452 e. The highest BCUT2D eigenvalue weighted by molar-refractivity contribution is 6.25. The molecule has 0 radical (unpaired) electrons. The number of ether oxygens (including phenoxy) is 1. The van der Waals surface area contributed by atoms with Gasteiger partial charge in [0.2, 0.25) is 11.8 Å². The number of carbonyl (C=O) groups is 4. The predicted octanol–water partition coefficient (Wildman–Crippen LogP) is 4.18. The van der Waals surface area contributed by atoms with Crippen molar-refractivity contribution in [3.63, 3.8) is 0 Å². The molecule has 1 aliphatic heterocycles. The van der Waals surface area contributed by atoms with Gasteiger partial charge in [-0.05, 0) is 41.3 Å². The molecule has 0 unspecified atom stereocenters. The monoisotopic (exact) mass is 533 g/mol. The van der Waals surface area contributed by atoms with E-state index in [0.29, 0.717) is 5.76 Å². The van der Waals surface area contributed by atoms with E-state index in [1.165, 1.54) is 12.1 Å². The molecule has 2 bridgehead atoms. The van der Waals surface area contributed by atoms with Gasteiger partial charge in [-0.1, -0.05) is 65.8 Å². The molecule has 9 heteroatoms. The van der Waals surface area contributed by atoms with Crippen LogP contribution in [-0.2, 0) is 19.1 Å². The van der Waals surface area contributed by atoms with Crippen LogP contribution in [0, 0.1) is 18.8 Å². The van der Waals surface area contributed by atoms with E-state index in [2.05, 4.69) is 10.5 Å². The average Bonchev–Trinajstić information content (AvgIpc) is 3.50. The van der Waals surface area contributed by atoms with Crippen LogP contribution in [0.1, 0.15) is 50.2 Å². The summed E-state index contributed by atoms with van der Waals surface area (Å²) in [6.45, 7) is 1.10. The summed E-state index contributed by atoms with van der Waals surface area (Å²) >= 11 is 0. The Balaban J connectivity index is 1.19. The topological polar surface area (TPSA) is 119 Å². The second-order valence-electron chi connectivity index (χ2n) is 10.2. The van der Waals surface area contributed by atoms with Crippen molar-refractivity contribution in [3.05, 3.63) is 112 Å². The van der Waals surface area contributed by atoms with E-state index in [1.807, 2.05) is 48.5 Å². The standard InChI is InChI=1S/C31H23N3O6/c1-16-14-23(33-40-16)32-24(35)15-39-31(38)21-12-6-7-13-22(21)34-29(36)27-25-17-8-2-3-9-18(17)26(28(27)30(34)37)20-11-5-4-10-19(20)25/h2-14,25-28H,15H2,1H3,(H,32,33,35)/t25?,26?,27-,28-/m0/s1. The molecule has 3 aromatic carbocycles. The lowest BCUT2D eigenvalue weighted by atomic mass is 9.55. The van der Waals surface area contributed by atoms with E-state index < -0.39 is 30.3 Å². The Morgan fingerprint density at radius 3 is 1.90 bits per heavy atom. The minimum absolute atomic E-state index is 0.0234. The van der Waals surface area contributed by atoms with Gasteiger partial charge in [0.05, 0.1) is 23.1 Å². The van der Waals surface area contributed by atoms with Crippen molar-refractivity contribution < 1.29 is 28.4 Å². The van der Waals surface area contributed by atoms with Crippen LogP contribution in [0.4, 0.5) is 11.5 Å². The highest BCUT2D eigenvalue weighted by Gasteiger charge is 2.62. The minimum atomic E-state index is -0.827. The van der Waals surface area contributed by atoms with Crippen LogP contribution in [0.2, 0.25) is 0 Å². The van der Waals surface area contributed by atoms with E-state index in [4.69, 9.17) is 9.26 Å². The first-order chi connectivity index (χ1) is 19.4. The number of hydrogen-bond donors (Lipinski definition) is 1. The van der Waals surface area contributed by atoms with E-state index in [1.54, 1.807) is 25.1 Å². The maximum Gasteiger partial charge on any atom is 0.340 e. The Hall–Kier alpha value is -5.05. The molecule has 2 heterocycles. The molecular weight excluding hydrogens is 510 g/mol. The smallest absolute Gasteiger partial charge is 0.340 e. The Labute approximate surface area is 228 Å². The van der Waals surface area contributed by atoms with Crippen molar-refractivity contribution in [2.75, 3.05) is 16.8 Å². The van der Waals surface area contributed by atoms with Crippen molar-refractivity contribution in [1.29, 1.82) is 0 Å². The normalized spacial score (nSPS) is 22.0. The number of aromatic nitrogens is 1. The number of anilines is 2. The molecule has 1 N–H and O–H groups in total. The van der Waals surface area contributed by atoms with Crippen LogP contribution >= 0.6 is 0 Å². The number of hydrogen-bond acceptors (Lipinski definition) is 7. The molecule has 4 aromatic rings. The maximum absolute atomic E-state index is 14.1. The first-order valence-corrected chi connectivity index (χ1v) is 13.0. The SMILES string of the molecule is Cc1cc(NC(=O)COC(=O)c2ccccc2N2C(=O)[C@H]3C4c5ccccc5C(c5ccccc54)[C@@H]3C2=O)no1. The molecule has 2 atom stereocenters. The number of benzene rings is 3. The van der Waals surface area contributed by atoms with Crippen molar-refractivity contribution in [3.8, 4) is 0 Å². The summed E-state index contributed by atoms with van der Waals surface area (Å²) in [7, 11) is 0. The van der Waals surface area contributed by atoms with Gasteiger partial charge in [-0.25, -0.2) is 9.69 Å². The third kappa shape index (κ3) is 3.51. The highest BCUT2D eigenvalue weighted by atomic mass is 16.5. The van der Waals surface area contributed by atoms with E-state index in [-0.39, 0.29) is 40.7 Å². The quantitative estimate of drug-likeness (QED) is 0.302. The number of esters is 1. The summed E-state index contributed by atoms with van der Waals surface area (Å²) in [6.07, 6.45) is 0. The fourth-order valence-electron chi connectivity index (χ4n) is 6.57. The lowest BCUT2D eigenvalue weighted by molar-refractivity contribution is -0.122. The zero-order valence-corrected chi connectivity index (χ0v) is 21.4. The van der Waals surface area contributed by atoms with Gasteiger partial charge in [0.15, 0.2) is 12.4 Å². The number of para-hydroxylation sites is 1. The van der Waals surface area contributed by atoms with Gasteiger partial charge >= 0.3 is 5.97 Å². The molecule has 0 spiro atoms. The molecule has 40 heavy (non-hydrogen) atoms. The number of rotatable bonds is 5. The van der Waals surface area contributed by atoms with Crippen LogP contribution in [0.3, 0.4) is 0 Å². The first-order valence-electron chi connectivity index (χ1n) is 13.0. The average molecular weight is 534 g/mol. The number of aryl methyl sites for hydroxylation is 1. The third-order valence-corrected chi connectivity index (χ3v) is 8.04. The number of nitrogens with one attached hydrogen (secondary N) is 1. The molecular formula is C31H23N3O6. The summed E-state index contributed by atoms with van der Waals surface area (Å²) in [5, 5.41) is 6.16. The van der Waals surface area contributed by atoms with Gasteiger partial charge in [0, 0.05) is 17.9 Å². The summed E-state index contributed by atoms with van der Waals surface area (Å²) in [5.74, 6) is -3.07. The molecule has 3 amide bonds. The predicted molar refractivity (Wildman–Crippen MR) is 143 cm³/mol. The Bertz CT molecular complexity index is 1610. The fraction of sp³-hybridized carbons (Fsp3) is 0.194. The summed E-state index contributed by atoms with van der Waals surface area (Å²) in [4.78, 5) is 54.7. The van der Waals surface area contributed by atoms with Crippen LogP contribution in [0.15, 0.2) is 83.4 Å². The minimum Gasteiger partial charge on any atom is -0.452 e. The zero-order chi connectivity index (χ0) is 27.5. The number of amides is 3. The molecule has 9 nitrogen and oxygen atoms in total. The zero-order valence-electron chi connectivity index (χ0n) is 21.4. The third-order valence-electron chi connectivity index (χ3n) is 8.04. The van der Waals surface area contributed by atoms with Crippen molar-refractivity contribution in [1.82, 2.24) is 5.16 Å². The van der Waals surface area contributed by atoms with Gasteiger partial charge in [-0.2, -0.15) is 0 Å². The van der Waals surface area contributed by atoms with Crippen LogP contribution in [0.25, 0.3) is 0 Å². The van der Waals surface area contributed by atoms with Gasteiger partial charge in [0.25, 0.3) is 5.91 Å². The van der Waals surface area contributed by atoms with Gasteiger partial charge in [-0.3, -0.25) is 14.4 Å². The van der Waals surface area contributed by atoms with Crippen LogP contribution < -0.4 is 10.2 Å². The lowest BCUT2D eigenvalue weighted by Gasteiger charge is -2.45. The highest BCUT2D eigenvalue weighted by Crippen LogP contribution is 2.61. The van der Waals surface area contributed by atoms with E-state index >= 15 is 0 Å². The fourth-order valence-corrected chi connectivity index (χ4v) is 6.57. The van der Waals surface area contributed by atoms with E-state index in [0.717, 1.165) is 27.2 Å². The summed E-state index contributed by atoms with van der Waals surface area (Å²) < 4.78 is 10.2. The molecule has 0 saturated carbocycles. The van der Waals surface area contributed by atoms with Gasteiger partial charge in [0.1, 0.15) is 5.76 Å². The lowest BCUT2D eigenvalue weighted by Crippen LogP contribution is -2.41. The molecule has 4 aliphatic rings. The Morgan fingerprint density at radius 2 is 1.38 bits per heavy atom. The molecule has 1 saturated heterocycles. The Kier molecular flexibility index (Phi) is 5.41. The van der Waals surface area contributed by atoms with Crippen molar-refractivity contribution in [2.45, 2.75) is 18.8 Å². The molecule has 1 fully saturated rings. The number of imide groups is 1. The van der Waals surface area contributed by atoms with Crippen LogP contribution in [-0.4, -0.2) is 35.5 Å². The second-order valence-corrected chi connectivity index (χ2v) is 10.2.